The first-order chi connectivity index (χ1) is 10.1. The number of benzene rings is 1. The van der Waals surface area contributed by atoms with Gasteiger partial charge in [-0.3, -0.25) is 4.79 Å². The zero-order valence-electron chi connectivity index (χ0n) is 12.8. The average Bonchev–Trinajstić information content (AvgIpc) is 2.80. The Morgan fingerprint density at radius 2 is 2.24 bits per heavy atom. The fourth-order valence-corrected chi connectivity index (χ4v) is 2.06. The number of hydrogen-bond donors (Lipinski definition) is 1. The number of aryl methyl sites for hydroxylation is 1. The van der Waals surface area contributed by atoms with E-state index in [4.69, 9.17) is 9.26 Å². The molecular formula is C16H22N2O3. The number of nitrogens with zero attached hydrogens (tertiary/aromatic N) is 1. The number of aromatic nitrogens is 1. The fourth-order valence-electron chi connectivity index (χ4n) is 2.06. The van der Waals surface area contributed by atoms with Gasteiger partial charge < -0.3 is 14.6 Å². The van der Waals surface area contributed by atoms with Crippen molar-refractivity contribution in [1.29, 1.82) is 0 Å². The predicted molar refractivity (Wildman–Crippen MR) is 81.2 cm³/mol. The van der Waals surface area contributed by atoms with E-state index in [9.17, 15) is 4.79 Å². The van der Waals surface area contributed by atoms with Gasteiger partial charge in [-0.1, -0.05) is 16.8 Å². The van der Waals surface area contributed by atoms with Crippen molar-refractivity contribution in [3.63, 3.8) is 0 Å². The molecule has 0 aliphatic rings. The summed E-state index contributed by atoms with van der Waals surface area (Å²) >= 11 is 0. The number of nitrogens with one attached hydrogen (secondary N) is 1. The second-order valence-electron chi connectivity index (χ2n) is 5.43. The lowest BCUT2D eigenvalue weighted by Crippen LogP contribution is -2.27. The van der Waals surface area contributed by atoms with E-state index in [2.05, 4.69) is 10.5 Å². The lowest BCUT2D eigenvalue weighted by molar-refractivity contribution is -0.120. The van der Waals surface area contributed by atoms with Crippen LogP contribution < -0.4 is 5.32 Å². The van der Waals surface area contributed by atoms with E-state index >= 15 is 0 Å². The molecule has 0 saturated heterocycles. The predicted octanol–water partition coefficient (Wildman–Crippen LogP) is 2.61. The molecule has 0 aliphatic heterocycles. The first kappa shape index (κ1) is 15.5. The number of carbonyl (C=O) groups excluding carboxylic acids is 1. The van der Waals surface area contributed by atoms with Crippen LogP contribution in [-0.2, 0) is 16.0 Å². The molecular weight excluding hydrogens is 268 g/mol. The van der Waals surface area contributed by atoms with Gasteiger partial charge in [0, 0.05) is 18.5 Å². The van der Waals surface area contributed by atoms with Crippen molar-refractivity contribution in [2.75, 3.05) is 13.2 Å². The molecule has 0 atom stereocenters. The summed E-state index contributed by atoms with van der Waals surface area (Å²) in [5.74, 6) is -0.0451. The zero-order valence-corrected chi connectivity index (χ0v) is 12.8. The monoisotopic (exact) mass is 290 g/mol. The minimum Gasteiger partial charge on any atom is -0.379 e. The molecule has 1 amide bonds. The lowest BCUT2D eigenvalue weighted by Gasteiger charge is -2.07. The Kier molecular flexibility index (Phi) is 5.33. The van der Waals surface area contributed by atoms with Crippen molar-refractivity contribution in [2.24, 2.45) is 0 Å². The number of rotatable bonds is 7. The molecule has 1 aromatic heterocycles. The highest BCUT2D eigenvalue weighted by Gasteiger charge is 2.12. The van der Waals surface area contributed by atoms with Gasteiger partial charge in [-0.05, 0) is 39.3 Å². The molecule has 21 heavy (non-hydrogen) atoms. The topological polar surface area (TPSA) is 64.4 Å². The van der Waals surface area contributed by atoms with Crippen molar-refractivity contribution in [3.8, 4) is 0 Å². The molecule has 0 fully saturated rings. The summed E-state index contributed by atoms with van der Waals surface area (Å²) in [5.41, 5.74) is 2.52. The summed E-state index contributed by atoms with van der Waals surface area (Å²) in [7, 11) is 0. The molecule has 5 heteroatoms. The molecule has 1 heterocycles. The quantitative estimate of drug-likeness (QED) is 0.796. The van der Waals surface area contributed by atoms with Crippen molar-refractivity contribution >= 4 is 16.9 Å². The van der Waals surface area contributed by atoms with Crippen LogP contribution in [0.3, 0.4) is 0 Å². The van der Waals surface area contributed by atoms with Crippen LogP contribution in [0.25, 0.3) is 11.0 Å². The average molecular weight is 290 g/mol. The van der Waals surface area contributed by atoms with Crippen LogP contribution in [0.2, 0.25) is 0 Å². The third-order valence-electron chi connectivity index (χ3n) is 3.12. The Balaban J connectivity index is 1.83. The molecule has 2 aromatic rings. The third kappa shape index (κ3) is 4.56. The molecule has 5 nitrogen and oxygen atoms in total. The molecule has 0 radical (unpaired) electrons. The van der Waals surface area contributed by atoms with Crippen LogP contribution in [-0.4, -0.2) is 30.3 Å². The molecule has 0 unspecified atom stereocenters. The van der Waals surface area contributed by atoms with Gasteiger partial charge in [-0.2, -0.15) is 0 Å². The van der Waals surface area contributed by atoms with Crippen LogP contribution in [0.5, 0.6) is 0 Å². The highest BCUT2D eigenvalue weighted by atomic mass is 16.5. The molecule has 0 saturated carbocycles. The number of amides is 1. The van der Waals surface area contributed by atoms with E-state index in [1.165, 1.54) is 0 Å². The van der Waals surface area contributed by atoms with E-state index in [1.807, 2.05) is 39.0 Å². The Morgan fingerprint density at radius 1 is 1.43 bits per heavy atom. The van der Waals surface area contributed by atoms with Gasteiger partial charge in [0.25, 0.3) is 0 Å². The van der Waals surface area contributed by atoms with Crippen molar-refractivity contribution in [3.05, 3.63) is 29.5 Å². The zero-order chi connectivity index (χ0) is 15.2. The molecule has 0 aliphatic carbocycles. The smallest absolute Gasteiger partial charge is 0.226 e. The van der Waals surface area contributed by atoms with E-state index in [0.29, 0.717) is 24.4 Å². The summed E-state index contributed by atoms with van der Waals surface area (Å²) in [4.78, 5) is 11.9. The van der Waals surface area contributed by atoms with Gasteiger partial charge in [0.15, 0.2) is 5.58 Å². The standard InChI is InChI=1S/C16H22N2O3/c1-11(2)20-8-4-7-17-16(19)10-14-13-9-12(3)5-6-15(13)21-18-14/h5-6,9,11H,4,7-8,10H2,1-3H3,(H,17,19). The minimum atomic E-state index is -0.0451. The summed E-state index contributed by atoms with van der Waals surface area (Å²) in [6, 6.07) is 5.83. The maximum atomic E-state index is 11.9. The Bertz CT molecular complexity index is 605. The summed E-state index contributed by atoms with van der Waals surface area (Å²) in [5, 5.41) is 7.77. The highest BCUT2D eigenvalue weighted by molar-refractivity contribution is 5.86. The van der Waals surface area contributed by atoms with Gasteiger partial charge in [-0.25, -0.2) is 0 Å². The molecule has 114 valence electrons. The molecule has 0 bridgehead atoms. The van der Waals surface area contributed by atoms with Crippen molar-refractivity contribution in [1.82, 2.24) is 10.5 Å². The Labute approximate surface area is 124 Å². The Hall–Kier alpha value is -1.88. The number of hydrogen-bond acceptors (Lipinski definition) is 4. The number of fused-ring (bicyclic) bond motifs is 1. The molecule has 1 aromatic carbocycles. The maximum absolute atomic E-state index is 11.9. The lowest BCUT2D eigenvalue weighted by atomic mass is 10.1. The normalized spacial score (nSPS) is 11.2. The van der Waals surface area contributed by atoms with Crippen molar-refractivity contribution < 1.29 is 14.1 Å². The number of carbonyl (C=O) groups is 1. The van der Waals surface area contributed by atoms with E-state index in [1.54, 1.807) is 0 Å². The largest absolute Gasteiger partial charge is 0.379 e. The van der Waals surface area contributed by atoms with Gasteiger partial charge in [0.05, 0.1) is 12.5 Å². The van der Waals surface area contributed by atoms with E-state index < -0.39 is 0 Å². The number of ether oxygens (including phenoxy) is 1. The van der Waals surface area contributed by atoms with Gasteiger partial charge in [0.2, 0.25) is 5.91 Å². The van der Waals surface area contributed by atoms with Gasteiger partial charge >= 0.3 is 0 Å². The van der Waals surface area contributed by atoms with E-state index in [-0.39, 0.29) is 18.4 Å². The van der Waals surface area contributed by atoms with Crippen LogP contribution in [0.15, 0.2) is 22.7 Å². The minimum absolute atomic E-state index is 0.0451. The second-order valence-corrected chi connectivity index (χ2v) is 5.43. The molecule has 2 rings (SSSR count). The summed E-state index contributed by atoms with van der Waals surface area (Å²) < 4.78 is 10.6. The summed E-state index contributed by atoms with van der Waals surface area (Å²) in [6.07, 6.45) is 1.27. The third-order valence-corrected chi connectivity index (χ3v) is 3.12. The van der Waals surface area contributed by atoms with Crippen molar-refractivity contribution in [2.45, 2.75) is 39.7 Å². The van der Waals surface area contributed by atoms with Gasteiger partial charge in [-0.15, -0.1) is 0 Å². The summed E-state index contributed by atoms with van der Waals surface area (Å²) in [6.45, 7) is 7.27. The van der Waals surface area contributed by atoms with Crippen LogP contribution in [0.4, 0.5) is 0 Å². The van der Waals surface area contributed by atoms with Crippen LogP contribution in [0.1, 0.15) is 31.5 Å². The SMILES string of the molecule is Cc1ccc2onc(CC(=O)NCCCOC(C)C)c2c1. The first-order valence-electron chi connectivity index (χ1n) is 7.29. The van der Waals surface area contributed by atoms with E-state index in [0.717, 1.165) is 17.4 Å². The van der Waals surface area contributed by atoms with Crippen LogP contribution >= 0.6 is 0 Å². The molecule has 1 N–H and O–H groups in total. The highest BCUT2D eigenvalue weighted by Crippen LogP contribution is 2.20. The first-order valence-corrected chi connectivity index (χ1v) is 7.29. The Morgan fingerprint density at radius 3 is 3.00 bits per heavy atom. The van der Waals surface area contributed by atoms with Crippen LogP contribution in [0, 0.1) is 6.92 Å². The molecule has 0 spiro atoms. The van der Waals surface area contributed by atoms with Gasteiger partial charge in [0.1, 0.15) is 5.69 Å². The fraction of sp³-hybridized carbons (Fsp3) is 0.500. The second kappa shape index (κ2) is 7.22. The maximum Gasteiger partial charge on any atom is 0.226 e.